The largest absolute Gasteiger partial charge is 0.440 e. The molecule has 2 saturated heterocycles. The number of hydrogen-bond donors (Lipinski definition) is 2. The summed E-state index contributed by atoms with van der Waals surface area (Å²) < 4.78 is 41.4. The van der Waals surface area contributed by atoms with E-state index in [2.05, 4.69) is 60.3 Å². The monoisotopic (exact) mass is 885 g/mol. The number of amides is 2. The number of hydrogen-bond acceptors (Lipinski definition) is 8. The number of benzene rings is 2. The third kappa shape index (κ3) is 12.6. The molecule has 2 aromatic rings. The number of esters is 2. The number of ether oxygens (including phenoxy) is 2. The third-order valence-electron chi connectivity index (χ3n) is 13.8. The maximum atomic E-state index is 14.8. The van der Waals surface area contributed by atoms with Crippen molar-refractivity contribution in [3.63, 3.8) is 0 Å². The number of carbonyl (C=O) groups excluding carboxylic acids is 4. The zero-order chi connectivity index (χ0) is 45.7. The fraction of sp³-hybridized carbons (Fsp3) is 0.577. The van der Waals surface area contributed by atoms with Gasteiger partial charge in [0.05, 0.1) is 0 Å². The van der Waals surface area contributed by atoms with Crippen LogP contribution in [0.4, 0.5) is 8.78 Å². The van der Waals surface area contributed by atoms with Crippen LogP contribution in [0.15, 0.2) is 84.0 Å². The molecule has 4 fully saturated rings. The lowest BCUT2D eigenvalue weighted by molar-refractivity contribution is -0.175. The molecule has 10 nitrogen and oxygen atoms in total. The zero-order valence-electron chi connectivity index (χ0n) is 38.5. The van der Waals surface area contributed by atoms with Crippen LogP contribution in [0.1, 0.15) is 129 Å². The van der Waals surface area contributed by atoms with Crippen LogP contribution >= 0.6 is 0 Å². The number of rotatable bonds is 18. The normalized spacial score (nSPS) is 20.3. The summed E-state index contributed by atoms with van der Waals surface area (Å²) in [5, 5.41) is 6.44. The Kier molecular flexibility index (Phi) is 17.5. The highest BCUT2D eigenvalue weighted by molar-refractivity contribution is 5.97. The predicted molar refractivity (Wildman–Crippen MR) is 245 cm³/mol. The first-order valence-corrected chi connectivity index (χ1v) is 23.8. The second-order valence-corrected chi connectivity index (χ2v) is 18.9. The molecule has 64 heavy (non-hydrogen) atoms. The molecule has 2 heterocycles. The molecular formula is C52H70F2N4O6. The van der Waals surface area contributed by atoms with E-state index in [0.29, 0.717) is 36.8 Å². The molecule has 0 radical (unpaired) electrons. The number of halogens is 2. The van der Waals surface area contributed by atoms with Crippen molar-refractivity contribution >= 4 is 23.8 Å². The Hall–Kier alpha value is -4.68. The Balaban J connectivity index is 1.22. The van der Waals surface area contributed by atoms with E-state index in [-0.39, 0.29) is 12.1 Å². The summed E-state index contributed by atoms with van der Waals surface area (Å²) in [6.45, 7) is 13.5. The maximum absolute atomic E-state index is 14.8. The molecule has 0 aromatic heterocycles. The van der Waals surface area contributed by atoms with Crippen molar-refractivity contribution in [2.24, 2.45) is 11.8 Å². The first-order valence-electron chi connectivity index (χ1n) is 23.8. The van der Waals surface area contributed by atoms with E-state index in [9.17, 15) is 28.0 Å². The van der Waals surface area contributed by atoms with Crippen LogP contribution in [0.5, 0.6) is 0 Å². The summed E-state index contributed by atoms with van der Waals surface area (Å²) >= 11 is 0. The second-order valence-electron chi connectivity index (χ2n) is 18.9. The van der Waals surface area contributed by atoms with Gasteiger partial charge in [-0.2, -0.15) is 0 Å². The average molecular weight is 885 g/mol. The highest BCUT2D eigenvalue weighted by Crippen LogP contribution is 2.46. The van der Waals surface area contributed by atoms with Gasteiger partial charge >= 0.3 is 11.9 Å². The van der Waals surface area contributed by atoms with Crippen LogP contribution in [0, 0.1) is 23.5 Å². The van der Waals surface area contributed by atoms with Gasteiger partial charge < -0.3 is 29.9 Å². The number of nitrogens with zero attached hydrogens (tertiary/aromatic N) is 2. The van der Waals surface area contributed by atoms with Crippen molar-refractivity contribution in [1.29, 1.82) is 0 Å². The van der Waals surface area contributed by atoms with E-state index in [1.807, 2.05) is 0 Å². The lowest BCUT2D eigenvalue weighted by Gasteiger charge is -2.40. The number of nitrogens with one attached hydrogen (secondary N) is 2. The van der Waals surface area contributed by atoms with Crippen LogP contribution in [-0.4, -0.2) is 84.9 Å². The van der Waals surface area contributed by atoms with Crippen molar-refractivity contribution in [3.05, 3.63) is 107 Å². The minimum absolute atomic E-state index is 0.154. The first-order chi connectivity index (χ1) is 30.8. The van der Waals surface area contributed by atoms with Gasteiger partial charge in [0.1, 0.15) is 11.6 Å². The fourth-order valence-corrected chi connectivity index (χ4v) is 10.3. The van der Waals surface area contributed by atoms with Gasteiger partial charge in [0, 0.05) is 86.5 Å². The third-order valence-corrected chi connectivity index (χ3v) is 13.8. The molecule has 2 aliphatic carbocycles. The van der Waals surface area contributed by atoms with Crippen LogP contribution in [-0.2, 0) is 39.9 Å². The standard InChI is InChI=1S/C52H70F2N4O6/c1-37(2)11-9-31-57-33-27-45(28-34-57)55-49(61)51(39-13-5-6-14-39,41-17-21-43(53)22-18-41)63-47(59)25-26-48(60)64-52(40-15-7-8-16-40,42-19-23-44(54)24-20-42)50(62)56-46-29-35-58(36-30-46)32-10-12-38(3)4/h11-12,17-26,39-40,45-46H,5-10,13-16,27-36H2,1-4H3,(H,55,61)(H,56,62)/b26-25+. The number of carbonyl (C=O) groups is 4. The molecule has 2 amide bonds. The van der Waals surface area contributed by atoms with Gasteiger partial charge in [-0.3, -0.25) is 9.59 Å². The van der Waals surface area contributed by atoms with Crippen LogP contribution in [0.2, 0.25) is 0 Å². The Morgan fingerprint density at radius 2 is 0.891 bits per heavy atom. The average Bonchev–Trinajstić information content (AvgIpc) is 4.03. The van der Waals surface area contributed by atoms with E-state index >= 15 is 0 Å². The quantitative estimate of drug-likeness (QED) is 0.0867. The molecule has 2 aromatic carbocycles. The molecule has 0 bridgehead atoms. The van der Waals surface area contributed by atoms with Crippen molar-refractivity contribution in [3.8, 4) is 0 Å². The van der Waals surface area contributed by atoms with Crippen LogP contribution in [0.25, 0.3) is 0 Å². The lowest BCUT2D eigenvalue weighted by Crippen LogP contribution is -2.56. The first kappa shape index (κ1) is 48.8. The Morgan fingerprint density at radius 1 is 0.562 bits per heavy atom. The summed E-state index contributed by atoms with van der Waals surface area (Å²) in [7, 11) is 0. The van der Waals surface area contributed by atoms with Gasteiger partial charge in [-0.1, -0.05) is 73.2 Å². The molecule has 2 atom stereocenters. The SMILES string of the molecule is CC(C)=CCCN1CCC(NC(=O)C(OC(=O)/C=C/C(=O)OC(C(=O)NC2CCN(CCC=C(C)C)CC2)(c2ccc(F)cc2)C2CCCC2)(c2ccc(F)cc2)C2CCCC2)CC1. The molecule has 4 aliphatic rings. The number of allylic oxidation sites excluding steroid dienone is 2. The van der Waals surface area contributed by atoms with Gasteiger partial charge in [0.2, 0.25) is 11.2 Å². The molecule has 2 aliphatic heterocycles. The maximum Gasteiger partial charge on any atom is 0.332 e. The lowest BCUT2D eigenvalue weighted by atomic mass is 9.78. The number of likely N-dealkylation sites (tertiary alicyclic amines) is 2. The van der Waals surface area contributed by atoms with Crippen molar-refractivity contribution in [1.82, 2.24) is 20.4 Å². The van der Waals surface area contributed by atoms with Gasteiger partial charge in [-0.15, -0.1) is 0 Å². The van der Waals surface area contributed by atoms with Crippen molar-refractivity contribution in [2.75, 3.05) is 39.3 Å². The molecule has 12 heteroatoms. The van der Waals surface area contributed by atoms with E-state index in [0.717, 1.165) is 116 Å². The summed E-state index contributed by atoms with van der Waals surface area (Å²) in [5.41, 5.74) is -0.310. The molecule has 2 saturated carbocycles. The summed E-state index contributed by atoms with van der Waals surface area (Å²) in [6, 6.07) is 10.7. The fourth-order valence-electron chi connectivity index (χ4n) is 10.3. The molecule has 2 unspecified atom stereocenters. The minimum atomic E-state index is -1.79. The second kappa shape index (κ2) is 23.0. The zero-order valence-corrected chi connectivity index (χ0v) is 38.5. The highest BCUT2D eigenvalue weighted by Gasteiger charge is 2.53. The minimum Gasteiger partial charge on any atom is -0.440 e. The van der Waals surface area contributed by atoms with Crippen molar-refractivity contribution in [2.45, 2.75) is 141 Å². The van der Waals surface area contributed by atoms with E-state index in [1.165, 1.54) is 59.7 Å². The Morgan fingerprint density at radius 3 is 1.20 bits per heavy atom. The van der Waals surface area contributed by atoms with Crippen LogP contribution in [0.3, 0.4) is 0 Å². The summed E-state index contributed by atoms with van der Waals surface area (Å²) in [5.74, 6) is -4.61. The Bertz CT molecular complexity index is 1820. The molecule has 6 rings (SSSR count). The molecule has 348 valence electrons. The van der Waals surface area contributed by atoms with Gasteiger partial charge in [-0.05, 0) is 116 Å². The summed E-state index contributed by atoms with van der Waals surface area (Å²) in [4.78, 5) is 62.5. The summed E-state index contributed by atoms with van der Waals surface area (Å²) in [6.07, 6.45) is 16.9. The molecular weight excluding hydrogens is 815 g/mol. The number of piperidine rings is 2. The Labute approximate surface area is 379 Å². The topological polar surface area (TPSA) is 117 Å². The van der Waals surface area contributed by atoms with E-state index in [1.54, 1.807) is 0 Å². The highest BCUT2D eigenvalue weighted by atomic mass is 19.1. The van der Waals surface area contributed by atoms with Crippen LogP contribution < -0.4 is 10.6 Å². The molecule has 0 spiro atoms. The van der Waals surface area contributed by atoms with Crippen molar-refractivity contribution < 1.29 is 37.4 Å². The van der Waals surface area contributed by atoms with Gasteiger partial charge in [0.15, 0.2) is 0 Å². The van der Waals surface area contributed by atoms with E-state index < -0.39 is 58.4 Å². The predicted octanol–water partition coefficient (Wildman–Crippen LogP) is 8.95. The van der Waals surface area contributed by atoms with E-state index in [4.69, 9.17) is 9.47 Å². The van der Waals surface area contributed by atoms with Gasteiger partial charge in [0.25, 0.3) is 11.8 Å². The smallest absolute Gasteiger partial charge is 0.332 e. The molecule has 2 N–H and O–H groups in total. The van der Waals surface area contributed by atoms with Gasteiger partial charge in [-0.25, -0.2) is 18.4 Å².